The molecule has 2 N–H and O–H groups in total. The monoisotopic (exact) mass is 444 g/mol. The number of carbonyl (C=O) groups is 1. The Morgan fingerprint density at radius 3 is 2.07 bits per heavy atom. The summed E-state index contributed by atoms with van der Waals surface area (Å²) < 4.78 is 27.6. The molecule has 3 rings (SSSR count). The Hall–Kier alpha value is -2.42. The molecule has 3 aromatic rings. The number of nitrogens with one attached hydrogen (secondary N) is 2. The van der Waals surface area contributed by atoms with Crippen molar-refractivity contribution in [1.29, 1.82) is 0 Å². The van der Waals surface area contributed by atoms with Gasteiger partial charge in [-0.2, -0.15) is 0 Å². The van der Waals surface area contributed by atoms with Crippen LogP contribution in [-0.4, -0.2) is 26.8 Å². The molecule has 0 atom stereocenters. The summed E-state index contributed by atoms with van der Waals surface area (Å²) in [7, 11) is -3.69. The molecule has 0 fully saturated rings. The molecular formula is C21H20N2O3S3. The first-order chi connectivity index (χ1) is 13.9. The van der Waals surface area contributed by atoms with E-state index in [0.717, 1.165) is 9.79 Å². The molecule has 0 spiro atoms. The van der Waals surface area contributed by atoms with Crippen molar-refractivity contribution >= 4 is 50.8 Å². The highest BCUT2D eigenvalue weighted by atomic mass is 32.2. The van der Waals surface area contributed by atoms with Crippen molar-refractivity contribution in [3.05, 3.63) is 78.4 Å². The quantitative estimate of drug-likeness (QED) is 0.491. The van der Waals surface area contributed by atoms with Gasteiger partial charge in [-0.3, -0.25) is 9.52 Å². The Labute approximate surface area is 179 Å². The van der Waals surface area contributed by atoms with E-state index in [1.165, 1.54) is 0 Å². The summed E-state index contributed by atoms with van der Waals surface area (Å²) in [5.74, 6) is -0.259. The van der Waals surface area contributed by atoms with E-state index in [9.17, 15) is 13.2 Å². The number of thioether (sulfide) groups is 2. The zero-order valence-electron chi connectivity index (χ0n) is 15.9. The Morgan fingerprint density at radius 1 is 0.793 bits per heavy atom. The fourth-order valence-electron chi connectivity index (χ4n) is 2.56. The average molecular weight is 445 g/mol. The lowest BCUT2D eigenvalue weighted by Crippen LogP contribution is -2.14. The number of carbonyl (C=O) groups excluding carboxylic acids is 1. The Kier molecular flexibility index (Phi) is 6.89. The van der Waals surface area contributed by atoms with E-state index < -0.39 is 10.0 Å². The van der Waals surface area contributed by atoms with Crippen LogP contribution in [0.5, 0.6) is 0 Å². The fraction of sp³-hybridized carbons (Fsp3) is 0.0952. The third-order valence-electron chi connectivity index (χ3n) is 4.10. The van der Waals surface area contributed by atoms with Crippen molar-refractivity contribution in [2.24, 2.45) is 0 Å². The van der Waals surface area contributed by atoms with Crippen LogP contribution in [0.15, 0.2) is 87.5 Å². The van der Waals surface area contributed by atoms with Crippen LogP contribution in [0.1, 0.15) is 10.4 Å². The van der Waals surface area contributed by atoms with Gasteiger partial charge in [0.1, 0.15) is 0 Å². The predicted octanol–water partition coefficient (Wildman–Crippen LogP) is 5.18. The molecule has 0 saturated carbocycles. The fourth-order valence-corrected chi connectivity index (χ4v) is 4.49. The van der Waals surface area contributed by atoms with Gasteiger partial charge in [0.2, 0.25) is 0 Å². The van der Waals surface area contributed by atoms with Gasteiger partial charge >= 0.3 is 0 Å². The molecule has 0 aromatic heterocycles. The summed E-state index contributed by atoms with van der Waals surface area (Å²) >= 11 is 3.14. The molecule has 0 aliphatic rings. The van der Waals surface area contributed by atoms with Crippen LogP contribution in [0.4, 0.5) is 11.4 Å². The van der Waals surface area contributed by atoms with Gasteiger partial charge in [0.15, 0.2) is 0 Å². The van der Waals surface area contributed by atoms with Gasteiger partial charge < -0.3 is 5.32 Å². The van der Waals surface area contributed by atoms with Crippen molar-refractivity contribution < 1.29 is 13.2 Å². The molecule has 8 heteroatoms. The highest BCUT2D eigenvalue weighted by molar-refractivity contribution is 7.98. The summed E-state index contributed by atoms with van der Waals surface area (Å²) in [5, 5.41) is 2.84. The van der Waals surface area contributed by atoms with Gasteiger partial charge in [0.05, 0.1) is 4.90 Å². The number of rotatable bonds is 7. The van der Waals surface area contributed by atoms with Gasteiger partial charge in [-0.1, -0.05) is 6.07 Å². The molecule has 0 aliphatic carbocycles. The summed E-state index contributed by atoms with van der Waals surface area (Å²) in [6.45, 7) is 0. The first kappa shape index (κ1) is 21.3. The van der Waals surface area contributed by atoms with Crippen LogP contribution in [0.25, 0.3) is 0 Å². The van der Waals surface area contributed by atoms with E-state index in [1.54, 1.807) is 72.1 Å². The third-order valence-corrected chi connectivity index (χ3v) is 6.96. The first-order valence-electron chi connectivity index (χ1n) is 8.63. The Balaban J connectivity index is 1.69. The summed E-state index contributed by atoms with van der Waals surface area (Å²) in [5.41, 5.74) is 1.53. The number of sulfonamides is 1. The van der Waals surface area contributed by atoms with E-state index in [2.05, 4.69) is 10.0 Å². The van der Waals surface area contributed by atoms with E-state index in [1.807, 2.05) is 36.8 Å². The minimum atomic E-state index is -3.69. The van der Waals surface area contributed by atoms with Crippen LogP contribution in [0.2, 0.25) is 0 Å². The molecule has 0 bridgehead atoms. The van der Waals surface area contributed by atoms with Crippen molar-refractivity contribution in [1.82, 2.24) is 0 Å². The number of amides is 1. The molecule has 3 aromatic carbocycles. The largest absolute Gasteiger partial charge is 0.322 e. The standard InChI is InChI=1S/C21H20N2O3S3/c1-27-18-10-12-20(13-11-18)29(25,26)23-16-8-6-15(7-9-16)21(24)22-17-4-3-5-19(14-17)28-2/h3-14,23H,1-2H3,(H,22,24). The highest BCUT2D eigenvalue weighted by Crippen LogP contribution is 2.22. The molecule has 0 radical (unpaired) electrons. The average Bonchev–Trinajstić information content (AvgIpc) is 2.74. The summed E-state index contributed by atoms with van der Waals surface area (Å²) in [6.07, 6.45) is 3.90. The zero-order valence-corrected chi connectivity index (χ0v) is 18.3. The Bertz CT molecular complexity index is 1100. The second-order valence-electron chi connectivity index (χ2n) is 6.04. The maximum absolute atomic E-state index is 12.5. The first-order valence-corrected chi connectivity index (χ1v) is 12.6. The van der Waals surface area contributed by atoms with E-state index in [0.29, 0.717) is 16.9 Å². The minimum absolute atomic E-state index is 0.186. The lowest BCUT2D eigenvalue weighted by atomic mass is 10.2. The Morgan fingerprint density at radius 2 is 1.45 bits per heavy atom. The van der Waals surface area contributed by atoms with Gasteiger partial charge in [0, 0.05) is 26.7 Å². The van der Waals surface area contributed by atoms with Crippen LogP contribution in [-0.2, 0) is 10.0 Å². The van der Waals surface area contributed by atoms with Crippen molar-refractivity contribution in [2.45, 2.75) is 14.7 Å². The summed E-state index contributed by atoms with van der Waals surface area (Å²) in [4.78, 5) is 14.7. The molecule has 150 valence electrons. The SMILES string of the molecule is CSc1ccc(S(=O)(=O)Nc2ccc(C(=O)Nc3cccc(SC)c3)cc2)cc1. The maximum atomic E-state index is 12.5. The normalized spacial score (nSPS) is 11.1. The highest BCUT2D eigenvalue weighted by Gasteiger charge is 2.14. The lowest BCUT2D eigenvalue weighted by Gasteiger charge is -2.10. The smallest absolute Gasteiger partial charge is 0.261 e. The second kappa shape index (κ2) is 9.39. The van der Waals surface area contributed by atoms with E-state index >= 15 is 0 Å². The number of hydrogen-bond donors (Lipinski definition) is 2. The van der Waals surface area contributed by atoms with Gasteiger partial charge in [-0.05, 0) is 79.2 Å². The predicted molar refractivity (Wildman–Crippen MR) is 122 cm³/mol. The van der Waals surface area contributed by atoms with Gasteiger partial charge in [0.25, 0.3) is 15.9 Å². The van der Waals surface area contributed by atoms with Crippen LogP contribution in [0, 0.1) is 0 Å². The number of hydrogen-bond acceptors (Lipinski definition) is 5. The van der Waals surface area contributed by atoms with E-state index in [-0.39, 0.29) is 10.8 Å². The molecular weight excluding hydrogens is 424 g/mol. The zero-order chi connectivity index (χ0) is 20.9. The molecule has 1 amide bonds. The molecule has 0 aliphatic heterocycles. The van der Waals surface area contributed by atoms with Gasteiger partial charge in [-0.25, -0.2) is 8.42 Å². The van der Waals surface area contributed by atoms with Crippen molar-refractivity contribution in [3.8, 4) is 0 Å². The lowest BCUT2D eigenvalue weighted by molar-refractivity contribution is 0.102. The van der Waals surface area contributed by atoms with Crippen LogP contribution < -0.4 is 10.0 Å². The van der Waals surface area contributed by atoms with E-state index in [4.69, 9.17) is 0 Å². The third kappa shape index (κ3) is 5.56. The second-order valence-corrected chi connectivity index (χ2v) is 9.49. The molecule has 0 heterocycles. The molecule has 5 nitrogen and oxygen atoms in total. The molecule has 0 saturated heterocycles. The van der Waals surface area contributed by atoms with Crippen molar-refractivity contribution in [2.75, 3.05) is 22.6 Å². The maximum Gasteiger partial charge on any atom is 0.261 e. The van der Waals surface area contributed by atoms with Crippen LogP contribution >= 0.6 is 23.5 Å². The minimum Gasteiger partial charge on any atom is -0.322 e. The number of benzene rings is 3. The number of anilines is 2. The topological polar surface area (TPSA) is 75.3 Å². The molecule has 29 heavy (non-hydrogen) atoms. The van der Waals surface area contributed by atoms with Crippen LogP contribution in [0.3, 0.4) is 0 Å². The summed E-state index contributed by atoms with van der Waals surface area (Å²) in [6, 6.07) is 20.5. The molecule has 0 unspecified atom stereocenters. The van der Waals surface area contributed by atoms with Gasteiger partial charge in [-0.15, -0.1) is 23.5 Å². The van der Waals surface area contributed by atoms with Crippen molar-refractivity contribution in [3.63, 3.8) is 0 Å².